The van der Waals surface area contributed by atoms with Gasteiger partial charge in [-0.1, -0.05) is 226 Å². The van der Waals surface area contributed by atoms with Crippen LogP contribution in [0.25, 0.3) is 0 Å². The highest BCUT2D eigenvalue weighted by Crippen LogP contribution is 2.31. The smallest absolute Gasteiger partial charge is 0.303 e. The van der Waals surface area contributed by atoms with Gasteiger partial charge in [0.2, 0.25) is 5.91 Å². The fourth-order valence-corrected chi connectivity index (χ4v) is 10.4. The van der Waals surface area contributed by atoms with E-state index >= 15 is 0 Å². The van der Waals surface area contributed by atoms with Crippen LogP contribution in [0.1, 0.15) is 293 Å². The minimum Gasteiger partial charge on any atom is -0.463 e. The summed E-state index contributed by atoms with van der Waals surface area (Å²) >= 11 is 0. The van der Waals surface area contributed by atoms with E-state index in [1.807, 2.05) is 0 Å². The van der Waals surface area contributed by atoms with Gasteiger partial charge in [0, 0.05) is 48.0 Å². The molecule has 0 bridgehead atoms. The number of unbranched alkanes of at least 4 members (excludes halogenated alkanes) is 33. The Labute approximate surface area is 472 Å². The molecule has 0 spiro atoms. The van der Waals surface area contributed by atoms with Crippen LogP contribution in [-0.4, -0.2) is 104 Å². The number of carbonyl (C=O) groups is 7. The van der Waals surface area contributed by atoms with Crippen molar-refractivity contribution < 1.29 is 71.5 Å². The molecule has 16 nitrogen and oxygen atoms in total. The van der Waals surface area contributed by atoms with Gasteiger partial charge in [-0.25, -0.2) is 0 Å². The number of rotatable bonds is 50. The van der Waals surface area contributed by atoms with Crippen LogP contribution >= 0.6 is 0 Å². The molecule has 0 saturated carbocycles. The Balaban J connectivity index is 3.02. The van der Waals surface area contributed by atoms with E-state index in [1.165, 1.54) is 181 Å². The van der Waals surface area contributed by atoms with Crippen molar-refractivity contribution in [2.45, 2.75) is 342 Å². The fraction of sp³-hybridized carbons (Fsp3) is 0.887. The number of carbonyl (C=O) groups excluding carboxylic acids is 7. The summed E-state index contributed by atoms with van der Waals surface area (Å²) in [5.41, 5.74) is 0. The normalized spacial score (nSPS) is 18.3. The third kappa shape index (κ3) is 38.7. The molecule has 1 N–H and O–H groups in total. The maximum absolute atomic E-state index is 13.9. The summed E-state index contributed by atoms with van der Waals surface area (Å²) < 4.78 is 46.3. The average molecular weight is 1110 g/mol. The van der Waals surface area contributed by atoms with Crippen LogP contribution in [-0.2, 0) is 71.5 Å². The molecule has 3 unspecified atom stereocenters. The predicted molar refractivity (Wildman–Crippen MR) is 303 cm³/mol. The van der Waals surface area contributed by atoms with Gasteiger partial charge >= 0.3 is 35.8 Å². The van der Waals surface area contributed by atoms with Crippen molar-refractivity contribution in [2.75, 3.05) is 13.2 Å². The summed E-state index contributed by atoms with van der Waals surface area (Å²) in [4.78, 5) is 88.9. The number of esters is 6. The largest absolute Gasteiger partial charge is 0.463 e. The summed E-state index contributed by atoms with van der Waals surface area (Å²) in [7, 11) is 0. The van der Waals surface area contributed by atoms with E-state index in [0.717, 1.165) is 72.1 Å². The molecule has 0 aromatic heterocycles. The monoisotopic (exact) mass is 1110 g/mol. The van der Waals surface area contributed by atoms with Crippen LogP contribution in [0.15, 0.2) is 0 Å². The maximum atomic E-state index is 13.9. The van der Waals surface area contributed by atoms with Crippen molar-refractivity contribution in [1.82, 2.24) is 5.32 Å². The Kier molecular flexibility index (Phi) is 44.4. The van der Waals surface area contributed by atoms with Crippen LogP contribution < -0.4 is 5.32 Å². The molecule has 16 heteroatoms. The molecule has 454 valence electrons. The lowest BCUT2D eigenvalue weighted by atomic mass is 9.97. The summed E-state index contributed by atoms with van der Waals surface area (Å²) in [6.07, 6.45) is 33.5. The van der Waals surface area contributed by atoms with E-state index in [4.69, 9.17) is 37.9 Å². The van der Waals surface area contributed by atoms with Gasteiger partial charge in [-0.05, 0) is 19.3 Å². The maximum Gasteiger partial charge on any atom is 0.303 e. The molecule has 1 heterocycles. The summed E-state index contributed by atoms with van der Waals surface area (Å²) in [6, 6.07) is -1.14. The number of nitrogens with one attached hydrogen (secondary N) is 1. The van der Waals surface area contributed by atoms with Crippen LogP contribution in [0.3, 0.4) is 0 Å². The van der Waals surface area contributed by atoms with Crippen LogP contribution in [0.2, 0.25) is 0 Å². The zero-order valence-corrected chi connectivity index (χ0v) is 50.3. The lowest BCUT2D eigenvalue weighted by molar-refractivity contribution is -0.310. The van der Waals surface area contributed by atoms with Gasteiger partial charge < -0.3 is 43.2 Å². The van der Waals surface area contributed by atoms with Gasteiger partial charge in [-0.2, -0.15) is 0 Å². The van der Waals surface area contributed by atoms with Gasteiger partial charge in [0.05, 0.1) is 12.6 Å². The molecular weight excluding hydrogens is 999 g/mol. The minimum atomic E-state index is -1.57. The fourth-order valence-electron chi connectivity index (χ4n) is 10.4. The summed E-state index contributed by atoms with van der Waals surface area (Å²) in [5.74, 6) is -4.73. The quantitative estimate of drug-likeness (QED) is 0.0342. The van der Waals surface area contributed by atoms with Crippen molar-refractivity contribution in [1.29, 1.82) is 0 Å². The molecule has 78 heavy (non-hydrogen) atoms. The molecule has 1 amide bonds. The number of hydrogen-bond donors (Lipinski definition) is 1. The molecule has 8 atom stereocenters. The van der Waals surface area contributed by atoms with Crippen LogP contribution in [0, 0.1) is 0 Å². The van der Waals surface area contributed by atoms with E-state index in [2.05, 4.69) is 19.2 Å². The molecule has 1 rings (SSSR count). The molecule has 0 radical (unpaired) electrons. The van der Waals surface area contributed by atoms with E-state index in [-0.39, 0.29) is 12.3 Å². The highest BCUT2D eigenvalue weighted by atomic mass is 16.7. The van der Waals surface area contributed by atoms with E-state index in [0.29, 0.717) is 19.3 Å². The summed E-state index contributed by atoms with van der Waals surface area (Å²) in [6.45, 7) is 10.6. The highest BCUT2D eigenvalue weighted by Gasteiger charge is 2.53. The van der Waals surface area contributed by atoms with Crippen molar-refractivity contribution >= 4 is 41.7 Å². The number of ether oxygens (including phenoxy) is 8. The third-order valence-corrected chi connectivity index (χ3v) is 14.5. The molecule has 1 aliphatic heterocycles. The third-order valence-electron chi connectivity index (χ3n) is 14.5. The van der Waals surface area contributed by atoms with Gasteiger partial charge in [0.1, 0.15) is 18.8 Å². The lowest BCUT2D eigenvalue weighted by Gasteiger charge is -2.44. The van der Waals surface area contributed by atoms with Crippen molar-refractivity contribution in [3.05, 3.63) is 0 Å². The number of amides is 1. The molecule has 1 fully saturated rings. The number of hydrogen-bond acceptors (Lipinski definition) is 15. The second-order valence-electron chi connectivity index (χ2n) is 22.0. The SMILES string of the molecule is CCCCCCCCCCCCCCCCCCCCCCCCCC(=O)NC(CO[C@H]1O[C@H](COC(C)=O)[C@H](OC(C)=O)[C@H](OC(C)=O)[C@H]1OC(C)=O)C(OC(C)=O)C(CCCCCCCCCCCCCC)OC(C)=O. The lowest BCUT2D eigenvalue weighted by Crippen LogP contribution is -2.63. The zero-order valence-electron chi connectivity index (χ0n) is 50.3. The van der Waals surface area contributed by atoms with Crippen LogP contribution in [0.4, 0.5) is 0 Å². The topological polar surface area (TPSA) is 205 Å². The predicted octanol–water partition coefficient (Wildman–Crippen LogP) is 13.9. The molecule has 0 aliphatic carbocycles. The minimum absolute atomic E-state index is 0.165. The van der Waals surface area contributed by atoms with Crippen molar-refractivity contribution in [2.24, 2.45) is 0 Å². The van der Waals surface area contributed by atoms with E-state index < -0.39 is 98.0 Å². The van der Waals surface area contributed by atoms with E-state index in [9.17, 15) is 33.6 Å². The van der Waals surface area contributed by atoms with Gasteiger partial charge in [0.15, 0.2) is 30.7 Å². The van der Waals surface area contributed by atoms with Gasteiger partial charge in [-0.15, -0.1) is 0 Å². The van der Waals surface area contributed by atoms with Gasteiger partial charge in [0.25, 0.3) is 0 Å². The van der Waals surface area contributed by atoms with Crippen LogP contribution in [0.5, 0.6) is 0 Å². The first-order valence-corrected chi connectivity index (χ1v) is 31.1. The Hall–Kier alpha value is -3.79. The van der Waals surface area contributed by atoms with E-state index in [1.54, 1.807) is 0 Å². The molecule has 0 aromatic rings. The first-order valence-electron chi connectivity index (χ1n) is 31.1. The van der Waals surface area contributed by atoms with Crippen molar-refractivity contribution in [3.63, 3.8) is 0 Å². The first-order chi connectivity index (χ1) is 37.6. The summed E-state index contributed by atoms with van der Waals surface area (Å²) in [5, 5.41) is 2.99. The molecular formula is C62H111NO15. The first kappa shape index (κ1) is 72.2. The zero-order chi connectivity index (χ0) is 57.6. The standard InChI is InChI=1S/C62H111NO15/c1-9-11-13-15-17-19-21-23-24-25-26-27-28-29-30-31-32-33-35-37-39-41-43-45-57(70)63-54(58(74-50(5)66)55(73-49(4)65)44-42-40-38-36-34-22-20-18-16-14-12-10-2)46-72-62-61(77-53(8)69)60(76-52(7)68)59(75-51(6)67)56(78-62)47-71-48(3)64/h54-56,58-62H,9-47H2,1-8H3,(H,63,70)/t54?,55?,56-,58?,59+,60+,61-,62+/m1/s1. The highest BCUT2D eigenvalue weighted by molar-refractivity contribution is 5.76. The molecule has 1 aliphatic rings. The average Bonchev–Trinajstić information content (AvgIpc) is 3.37. The Bertz CT molecular complexity index is 1590. The van der Waals surface area contributed by atoms with Crippen molar-refractivity contribution in [3.8, 4) is 0 Å². The van der Waals surface area contributed by atoms with Gasteiger partial charge in [-0.3, -0.25) is 33.6 Å². The second-order valence-corrected chi connectivity index (χ2v) is 22.0. The second kappa shape index (κ2) is 48.0. The Morgan fingerprint density at radius 1 is 0.410 bits per heavy atom. The molecule has 0 aromatic carbocycles. The Morgan fingerprint density at radius 3 is 1.14 bits per heavy atom. The Morgan fingerprint density at radius 2 is 0.769 bits per heavy atom. The molecule has 1 saturated heterocycles.